The minimum atomic E-state index is 0.911. The summed E-state index contributed by atoms with van der Waals surface area (Å²) in [6.07, 6.45) is 5.03. The Hall–Kier alpha value is -1.37. The highest BCUT2D eigenvalue weighted by atomic mass is 32.1. The summed E-state index contributed by atoms with van der Waals surface area (Å²) in [5, 5.41) is 4.57. The van der Waals surface area contributed by atoms with Gasteiger partial charge >= 0.3 is 0 Å². The van der Waals surface area contributed by atoms with Crippen molar-refractivity contribution in [2.45, 2.75) is 32.6 Å². The molecule has 2 fully saturated rings. The van der Waals surface area contributed by atoms with Crippen LogP contribution in [0.1, 0.15) is 32.0 Å². The zero-order valence-corrected chi connectivity index (χ0v) is 14.4. The van der Waals surface area contributed by atoms with Gasteiger partial charge in [-0.2, -0.15) is 4.37 Å². The molecule has 3 rings (SSSR count). The average Bonchev–Trinajstić information content (AvgIpc) is 3.26. The van der Waals surface area contributed by atoms with Crippen LogP contribution in [0.15, 0.2) is 4.99 Å². The lowest BCUT2D eigenvalue weighted by Gasteiger charge is -2.36. The van der Waals surface area contributed by atoms with Crippen LogP contribution < -0.4 is 10.2 Å². The third-order valence-corrected chi connectivity index (χ3v) is 5.18. The lowest BCUT2D eigenvalue weighted by molar-refractivity contribution is 0.372. The van der Waals surface area contributed by atoms with Crippen LogP contribution in [0.3, 0.4) is 0 Å². The maximum absolute atomic E-state index is 4.59. The summed E-state index contributed by atoms with van der Waals surface area (Å²) in [7, 11) is 1.88. The molecule has 22 heavy (non-hydrogen) atoms. The molecule has 0 amide bonds. The third kappa shape index (κ3) is 3.88. The molecule has 6 nitrogen and oxygen atoms in total. The summed E-state index contributed by atoms with van der Waals surface area (Å²) in [5.74, 6) is 2.97. The summed E-state index contributed by atoms with van der Waals surface area (Å²) >= 11 is 1.52. The predicted octanol–water partition coefficient (Wildman–Crippen LogP) is 1.60. The lowest BCUT2D eigenvalue weighted by Crippen LogP contribution is -2.52. The highest BCUT2D eigenvalue weighted by molar-refractivity contribution is 7.09. The highest BCUT2D eigenvalue weighted by Crippen LogP contribution is 2.31. The van der Waals surface area contributed by atoms with Gasteiger partial charge in [0.05, 0.1) is 0 Å². The van der Waals surface area contributed by atoms with Crippen molar-refractivity contribution < 1.29 is 0 Å². The molecule has 0 aromatic carbocycles. The first-order valence-corrected chi connectivity index (χ1v) is 9.10. The maximum atomic E-state index is 4.59. The Balaban J connectivity index is 1.46. The SMILES string of the molecule is CCc1nsc(N2CCN(C(=NC)NCCC3CC3)CC2)n1. The Morgan fingerprint density at radius 2 is 2.09 bits per heavy atom. The highest BCUT2D eigenvalue weighted by Gasteiger charge is 2.23. The van der Waals surface area contributed by atoms with Crippen LogP contribution in [0.2, 0.25) is 0 Å². The lowest BCUT2D eigenvalue weighted by atomic mass is 10.3. The first kappa shape index (κ1) is 15.5. The van der Waals surface area contributed by atoms with Gasteiger partial charge in [-0.25, -0.2) is 4.98 Å². The molecule has 1 aromatic rings. The van der Waals surface area contributed by atoms with Crippen LogP contribution in [0.25, 0.3) is 0 Å². The van der Waals surface area contributed by atoms with Gasteiger partial charge in [0.15, 0.2) is 5.96 Å². The first-order valence-electron chi connectivity index (χ1n) is 8.33. The Kier molecular flexibility index (Phi) is 5.12. The van der Waals surface area contributed by atoms with Crippen molar-refractivity contribution >= 4 is 22.6 Å². The molecule has 0 unspecified atom stereocenters. The smallest absolute Gasteiger partial charge is 0.205 e. The van der Waals surface area contributed by atoms with Gasteiger partial charge in [0.25, 0.3) is 0 Å². The van der Waals surface area contributed by atoms with Gasteiger partial charge < -0.3 is 15.1 Å². The minimum absolute atomic E-state index is 0.911. The van der Waals surface area contributed by atoms with Gasteiger partial charge in [0.2, 0.25) is 5.13 Å². The molecular formula is C15H26N6S. The van der Waals surface area contributed by atoms with E-state index < -0.39 is 0 Å². The van der Waals surface area contributed by atoms with Crippen molar-refractivity contribution in [1.82, 2.24) is 19.6 Å². The van der Waals surface area contributed by atoms with Crippen LogP contribution in [0.4, 0.5) is 5.13 Å². The third-order valence-electron chi connectivity index (χ3n) is 4.37. The summed E-state index contributed by atoms with van der Waals surface area (Å²) in [4.78, 5) is 13.7. The Morgan fingerprint density at radius 1 is 1.32 bits per heavy atom. The second kappa shape index (κ2) is 7.26. The van der Waals surface area contributed by atoms with Gasteiger partial charge in [-0.3, -0.25) is 4.99 Å². The van der Waals surface area contributed by atoms with Gasteiger partial charge in [0.1, 0.15) is 5.82 Å². The minimum Gasteiger partial charge on any atom is -0.356 e. The van der Waals surface area contributed by atoms with E-state index in [9.17, 15) is 0 Å². The normalized spacial score (nSPS) is 19.6. The number of aromatic nitrogens is 2. The molecule has 0 spiro atoms. The van der Waals surface area contributed by atoms with Crippen molar-refractivity contribution in [3.63, 3.8) is 0 Å². The first-order chi connectivity index (χ1) is 10.8. The zero-order valence-electron chi connectivity index (χ0n) is 13.6. The second-order valence-corrected chi connectivity index (χ2v) is 6.76. The van der Waals surface area contributed by atoms with E-state index in [1.807, 2.05) is 7.05 Å². The second-order valence-electron chi connectivity index (χ2n) is 6.03. The average molecular weight is 322 g/mol. The van der Waals surface area contributed by atoms with E-state index in [2.05, 4.69) is 36.4 Å². The zero-order chi connectivity index (χ0) is 15.4. The Morgan fingerprint density at radius 3 is 2.68 bits per heavy atom. The number of aryl methyl sites for hydroxylation is 1. The van der Waals surface area contributed by atoms with Crippen molar-refractivity contribution in [3.8, 4) is 0 Å². The van der Waals surface area contributed by atoms with Crippen LogP contribution in [0.5, 0.6) is 0 Å². The number of hydrogen-bond acceptors (Lipinski definition) is 5. The van der Waals surface area contributed by atoms with E-state index in [0.717, 1.165) is 62.0 Å². The number of anilines is 1. The maximum Gasteiger partial charge on any atom is 0.205 e. The molecule has 1 saturated heterocycles. The molecule has 0 atom stereocenters. The predicted molar refractivity (Wildman–Crippen MR) is 91.8 cm³/mol. The standard InChI is InChI=1S/C15H26N6S/c1-3-13-18-15(22-19-13)21-10-8-20(9-11-21)14(16-2)17-7-6-12-4-5-12/h12H,3-11H2,1-2H3,(H,16,17). The van der Waals surface area contributed by atoms with Crippen molar-refractivity contribution in [3.05, 3.63) is 5.82 Å². The molecule has 1 aromatic heterocycles. The molecule has 2 heterocycles. The molecule has 1 N–H and O–H groups in total. The van der Waals surface area contributed by atoms with Crippen LogP contribution in [-0.4, -0.2) is 60.0 Å². The van der Waals surface area contributed by atoms with Gasteiger partial charge in [-0.15, -0.1) is 0 Å². The topological polar surface area (TPSA) is 56.7 Å². The molecular weight excluding hydrogens is 296 g/mol. The molecule has 2 aliphatic rings. The number of nitrogens with zero attached hydrogens (tertiary/aromatic N) is 5. The summed E-state index contributed by atoms with van der Waals surface area (Å²) < 4.78 is 4.38. The van der Waals surface area contributed by atoms with E-state index in [1.54, 1.807) is 0 Å². The fourth-order valence-corrected chi connectivity index (χ4v) is 3.55. The van der Waals surface area contributed by atoms with Crippen molar-refractivity contribution in [2.75, 3.05) is 44.7 Å². The van der Waals surface area contributed by atoms with E-state index in [4.69, 9.17) is 0 Å². The number of guanidine groups is 1. The van der Waals surface area contributed by atoms with E-state index >= 15 is 0 Å². The van der Waals surface area contributed by atoms with Crippen molar-refractivity contribution in [1.29, 1.82) is 0 Å². The number of aliphatic imine (C=N–C) groups is 1. The Labute approximate surface area is 136 Å². The molecule has 0 bridgehead atoms. The molecule has 1 aliphatic heterocycles. The van der Waals surface area contributed by atoms with Gasteiger partial charge in [-0.05, 0) is 12.3 Å². The van der Waals surface area contributed by atoms with Gasteiger partial charge in [-0.1, -0.05) is 19.8 Å². The fourth-order valence-electron chi connectivity index (χ4n) is 2.75. The molecule has 0 radical (unpaired) electrons. The van der Waals surface area contributed by atoms with Gasteiger partial charge in [0, 0.05) is 57.7 Å². The summed E-state index contributed by atoms with van der Waals surface area (Å²) in [6, 6.07) is 0. The van der Waals surface area contributed by atoms with E-state index in [1.165, 1.54) is 30.8 Å². The number of nitrogens with one attached hydrogen (secondary N) is 1. The number of rotatable bonds is 5. The molecule has 1 saturated carbocycles. The quantitative estimate of drug-likeness (QED) is 0.659. The number of hydrogen-bond donors (Lipinski definition) is 1. The molecule has 1 aliphatic carbocycles. The van der Waals surface area contributed by atoms with Crippen LogP contribution >= 0.6 is 11.5 Å². The number of piperazine rings is 1. The monoisotopic (exact) mass is 322 g/mol. The molecule has 7 heteroatoms. The van der Waals surface area contributed by atoms with Crippen molar-refractivity contribution in [2.24, 2.45) is 10.9 Å². The van der Waals surface area contributed by atoms with E-state index in [0.29, 0.717) is 0 Å². The van der Waals surface area contributed by atoms with E-state index in [-0.39, 0.29) is 0 Å². The Bertz CT molecular complexity index is 502. The van der Waals surface area contributed by atoms with Crippen LogP contribution in [-0.2, 0) is 6.42 Å². The largest absolute Gasteiger partial charge is 0.356 e. The summed E-state index contributed by atoms with van der Waals surface area (Å²) in [6.45, 7) is 7.10. The molecule has 122 valence electrons. The summed E-state index contributed by atoms with van der Waals surface area (Å²) in [5.41, 5.74) is 0. The van der Waals surface area contributed by atoms with Crippen LogP contribution in [0, 0.1) is 5.92 Å². The fraction of sp³-hybridized carbons (Fsp3) is 0.800.